The quantitative estimate of drug-likeness (QED) is 0.466. The second-order valence-corrected chi connectivity index (χ2v) is 4.07. The molecule has 0 spiro atoms. The second kappa shape index (κ2) is 4.02. The van der Waals surface area contributed by atoms with Crippen molar-refractivity contribution in [3.63, 3.8) is 0 Å². The van der Waals surface area contributed by atoms with Crippen LogP contribution in [0.3, 0.4) is 0 Å². The van der Waals surface area contributed by atoms with Crippen LogP contribution in [0, 0.1) is 0 Å². The van der Waals surface area contributed by atoms with Gasteiger partial charge in [-0.2, -0.15) is 0 Å². The molecule has 3 aromatic rings. The third-order valence-corrected chi connectivity index (χ3v) is 3.04. The molecule has 0 amide bonds. The number of aromatic nitrogens is 1. The van der Waals surface area contributed by atoms with Gasteiger partial charge >= 0.3 is 0 Å². The maximum atomic E-state index is 12.4. The number of para-hydroxylation sites is 2. The highest BCUT2D eigenvalue weighted by atomic mass is 16.1. The molecule has 0 unspecified atom stereocenters. The number of rotatable bonds is 1. The Hall–Kier alpha value is -2.57. The standard InChI is InChI=1S/C16H11NO/c1-2-11-17-14-9-5-3-7-12(14)16(18)13-8-4-6-10-15(13)17/h3-11H,1H2. The molecule has 0 saturated heterocycles. The van der Waals surface area contributed by atoms with Crippen molar-refractivity contribution in [3.8, 4) is 0 Å². The molecule has 0 fully saturated rings. The van der Waals surface area contributed by atoms with E-state index in [0.717, 1.165) is 11.0 Å². The Labute approximate surface area is 104 Å². The molecule has 2 aromatic carbocycles. The van der Waals surface area contributed by atoms with E-state index in [1.807, 2.05) is 53.1 Å². The topological polar surface area (TPSA) is 22.0 Å². The number of fused-ring (bicyclic) bond motifs is 2. The molecule has 3 rings (SSSR count). The summed E-state index contributed by atoms with van der Waals surface area (Å²) in [6, 6.07) is 15.1. The maximum absolute atomic E-state index is 12.4. The van der Waals surface area contributed by atoms with E-state index in [-0.39, 0.29) is 5.43 Å². The van der Waals surface area contributed by atoms with Crippen molar-refractivity contribution in [3.05, 3.63) is 71.1 Å². The normalized spacial score (nSPS) is 10.4. The summed E-state index contributed by atoms with van der Waals surface area (Å²) in [5.41, 5.74) is 4.58. The third kappa shape index (κ3) is 1.41. The first-order valence-electron chi connectivity index (χ1n) is 5.71. The zero-order valence-electron chi connectivity index (χ0n) is 9.76. The minimum atomic E-state index is 0.0647. The molecule has 18 heavy (non-hydrogen) atoms. The summed E-state index contributed by atoms with van der Waals surface area (Å²) in [4.78, 5) is 12.4. The summed E-state index contributed by atoms with van der Waals surface area (Å²) in [5, 5.41) is 1.42. The van der Waals surface area contributed by atoms with Crippen LogP contribution in [0.25, 0.3) is 28.0 Å². The van der Waals surface area contributed by atoms with Gasteiger partial charge in [-0.15, -0.1) is 5.73 Å². The number of hydrogen-bond donors (Lipinski definition) is 0. The Morgan fingerprint density at radius 1 is 0.944 bits per heavy atom. The van der Waals surface area contributed by atoms with Crippen molar-refractivity contribution in [1.82, 2.24) is 4.57 Å². The van der Waals surface area contributed by atoms with Gasteiger partial charge in [-0.05, 0) is 24.3 Å². The van der Waals surface area contributed by atoms with Gasteiger partial charge < -0.3 is 4.57 Å². The summed E-state index contributed by atoms with van der Waals surface area (Å²) in [6.07, 6.45) is 1.75. The lowest BCUT2D eigenvalue weighted by atomic mass is 10.1. The SMILES string of the molecule is C=C=Cn1c2ccccc2c(=O)c2ccccc21. The van der Waals surface area contributed by atoms with Crippen LogP contribution in [-0.4, -0.2) is 4.57 Å². The molecule has 0 aliphatic heterocycles. The van der Waals surface area contributed by atoms with E-state index in [4.69, 9.17) is 0 Å². The van der Waals surface area contributed by atoms with Crippen molar-refractivity contribution in [2.24, 2.45) is 0 Å². The number of pyridine rings is 1. The van der Waals surface area contributed by atoms with Gasteiger partial charge in [0, 0.05) is 10.8 Å². The predicted octanol–water partition coefficient (Wildman–Crippen LogP) is 3.41. The Morgan fingerprint density at radius 3 is 1.94 bits per heavy atom. The van der Waals surface area contributed by atoms with E-state index >= 15 is 0 Å². The first-order valence-corrected chi connectivity index (χ1v) is 5.71. The number of benzene rings is 2. The fourth-order valence-electron chi connectivity index (χ4n) is 2.26. The van der Waals surface area contributed by atoms with Crippen molar-refractivity contribution in [1.29, 1.82) is 0 Å². The Morgan fingerprint density at radius 2 is 1.44 bits per heavy atom. The van der Waals surface area contributed by atoms with Crippen molar-refractivity contribution in [2.45, 2.75) is 0 Å². The van der Waals surface area contributed by atoms with Crippen LogP contribution < -0.4 is 5.43 Å². The van der Waals surface area contributed by atoms with Crippen LogP contribution in [0.1, 0.15) is 0 Å². The maximum Gasteiger partial charge on any atom is 0.197 e. The van der Waals surface area contributed by atoms with Gasteiger partial charge in [0.05, 0.1) is 17.2 Å². The summed E-state index contributed by atoms with van der Waals surface area (Å²) in [5.74, 6) is 0. The smallest absolute Gasteiger partial charge is 0.197 e. The average molecular weight is 233 g/mol. The molecule has 0 aliphatic carbocycles. The van der Waals surface area contributed by atoms with E-state index in [0.29, 0.717) is 10.8 Å². The van der Waals surface area contributed by atoms with E-state index < -0.39 is 0 Å². The minimum Gasteiger partial charge on any atom is -0.309 e. The van der Waals surface area contributed by atoms with Gasteiger partial charge in [0.15, 0.2) is 5.43 Å². The molecule has 0 radical (unpaired) electrons. The van der Waals surface area contributed by atoms with Gasteiger partial charge in [-0.1, -0.05) is 30.8 Å². The predicted molar refractivity (Wildman–Crippen MR) is 75.6 cm³/mol. The first-order chi connectivity index (χ1) is 8.83. The molecule has 0 N–H and O–H groups in total. The summed E-state index contributed by atoms with van der Waals surface area (Å²) in [7, 11) is 0. The molecule has 0 aliphatic rings. The fourth-order valence-corrected chi connectivity index (χ4v) is 2.26. The fraction of sp³-hybridized carbons (Fsp3) is 0. The van der Waals surface area contributed by atoms with Crippen LogP contribution in [0.15, 0.2) is 65.6 Å². The van der Waals surface area contributed by atoms with Crippen molar-refractivity contribution in [2.75, 3.05) is 0 Å². The second-order valence-electron chi connectivity index (χ2n) is 4.07. The molecule has 0 saturated carbocycles. The highest BCUT2D eigenvalue weighted by Crippen LogP contribution is 2.18. The molecular formula is C16H11NO. The van der Waals surface area contributed by atoms with Gasteiger partial charge in [-0.3, -0.25) is 4.79 Å². The molecular weight excluding hydrogens is 222 g/mol. The van der Waals surface area contributed by atoms with Crippen LogP contribution in [0.4, 0.5) is 0 Å². The van der Waals surface area contributed by atoms with Gasteiger partial charge in [-0.25, -0.2) is 0 Å². The molecule has 2 nitrogen and oxygen atoms in total. The average Bonchev–Trinajstić information content (AvgIpc) is 2.43. The minimum absolute atomic E-state index is 0.0647. The monoisotopic (exact) mass is 233 g/mol. The zero-order chi connectivity index (χ0) is 12.5. The zero-order valence-corrected chi connectivity index (χ0v) is 9.76. The molecule has 0 atom stereocenters. The van der Waals surface area contributed by atoms with Crippen molar-refractivity contribution < 1.29 is 0 Å². The molecule has 1 aromatic heterocycles. The van der Waals surface area contributed by atoms with Crippen LogP contribution in [0.5, 0.6) is 0 Å². The van der Waals surface area contributed by atoms with Crippen LogP contribution in [-0.2, 0) is 0 Å². The summed E-state index contributed by atoms with van der Waals surface area (Å²) < 4.78 is 1.94. The van der Waals surface area contributed by atoms with E-state index in [2.05, 4.69) is 12.3 Å². The highest BCUT2D eigenvalue weighted by molar-refractivity contribution is 5.95. The molecule has 0 bridgehead atoms. The summed E-state index contributed by atoms with van der Waals surface area (Å²) in [6.45, 7) is 3.61. The highest BCUT2D eigenvalue weighted by Gasteiger charge is 2.07. The Kier molecular flexibility index (Phi) is 2.36. The van der Waals surface area contributed by atoms with E-state index in [1.54, 1.807) is 6.20 Å². The number of hydrogen-bond acceptors (Lipinski definition) is 1. The lowest BCUT2D eigenvalue weighted by molar-refractivity contribution is 1.27. The molecule has 86 valence electrons. The third-order valence-electron chi connectivity index (χ3n) is 3.04. The van der Waals surface area contributed by atoms with E-state index in [1.165, 1.54) is 0 Å². The molecule has 1 heterocycles. The van der Waals surface area contributed by atoms with Crippen molar-refractivity contribution >= 4 is 28.0 Å². The van der Waals surface area contributed by atoms with Gasteiger partial charge in [0.1, 0.15) is 0 Å². The first kappa shape index (κ1) is 10.6. The Bertz CT molecular complexity index is 792. The van der Waals surface area contributed by atoms with E-state index in [9.17, 15) is 4.79 Å². The lowest BCUT2D eigenvalue weighted by Crippen LogP contribution is -2.07. The van der Waals surface area contributed by atoms with Crippen LogP contribution in [0.2, 0.25) is 0 Å². The Balaban J connectivity index is 2.71. The lowest BCUT2D eigenvalue weighted by Gasteiger charge is -2.09. The largest absolute Gasteiger partial charge is 0.309 e. The van der Waals surface area contributed by atoms with Gasteiger partial charge in [0.25, 0.3) is 0 Å². The molecule has 2 heteroatoms. The number of nitrogens with zero attached hydrogens (tertiary/aromatic N) is 1. The summed E-state index contributed by atoms with van der Waals surface area (Å²) >= 11 is 0. The van der Waals surface area contributed by atoms with Gasteiger partial charge in [0.2, 0.25) is 0 Å². The van der Waals surface area contributed by atoms with Crippen LogP contribution >= 0.6 is 0 Å².